The summed E-state index contributed by atoms with van der Waals surface area (Å²) < 4.78 is 10.1. The molecular weight excluding hydrogens is 352 g/mol. The van der Waals surface area contributed by atoms with E-state index in [1.54, 1.807) is 38.1 Å². The highest BCUT2D eigenvalue weighted by molar-refractivity contribution is 5.98. The van der Waals surface area contributed by atoms with Crippen molar-refractivity contribution in [3.63, 3.8) is 0 Å². The Labute approximate surface area is 155 Å². The van der Waals surface area contributed by atoms with Gasteiger partial charge in [0.2, 0.25) is 5.91 Å². The van der Waals surface area contributed by atoms with Crippen LogP contribution in [0.5, 0.6) is 0 Å². The van der Waals surface area contributed by atoms with Crippen LogP contribution in [0, 0.1) is 0 Å². The molecule has 1 aromatic heterocycles. The second kappa shape index (κ2) is 9.51. The number of ether oxygens (including phenoxy) is 1. The van der Waals surface area contributed by atoms with Gasteiger partial charge in [-0.15, -0.1) is 0 Å². The van der Waals surface area contributed by atoms with Gasteiger partial charge in [0.1, 0.15) is 17.2 Å². The fourth-order valence-electron chi connectivity index (χ4n) is 2.51. The van der Waals surface area contributed by atoms with Gasteiger partial charge in [0.05, 0.1) is 6.61 Å². The zero-order valence-electron chi connectivity index (χ0n) is 15.2. The number of esters is 1. The van der Waals surface area contributed by atoms with Crippen molar-refractivity contribution >= 4 is 28.8 Å². The third kappa shape index (κ3) is 5.40. The normalized spacial score (nSPS) is 11.6. The second-order valence-electron chi connectivity index (χ2n) is 5.76. The molecule has 0 saturated carbocycles. The monoisotopic (exact) mass is 374 g/mol. The van der Waals surface area contributed by atoms with Crippen LogP contribution in [0.25, 0.3) is 11.0 Å². The fourth-order valence-corrected chi connectivity index (χ4v) is 2.51. The molecule has 0 saturated heterocycles. The van der Waals surface area contributed by atoms with Gasteiger partial charge >= 0.3 is 11.6 Å². The molecule has 0 aliphatic heterocycles. The van der Waals surface area contributed by atoms with E-state index in [1.807, 2.05) is 0 Å². The molecule has 0 fully saturated rings. The van der Waals surface area contributed by atoms with Gasteiger partial charge in [-0.2, -0.15) is 0 Å². The van der Waals surface area contributed by atoms with Gasteiger partial charge in [-0.1, -0.05) is 18.2 Å². The lowest BCUT2D eigenvalue weighted by atomic mass is 10.1. The first-order valence-electron chi connectivity index (χ1n) is 8.73. The molecule has 27 heavy (non-hydrogen) atoms. The Morgan fingerprint density at radius 1 is 1.19 bits per heavy atom. The van der Waals surface area contributed by atoms with Crippen molar-refractivity contribution in [2.75, 3.05) is 13.2 Å². The van der Waals surface area contributed by atoms with Crippen molar-refractivity contribution in [1.29, 1.82) is 0 Å². The molecule has 1 aromatic carbocycles. The lowest BCUT2D eigenvalue weighted by Crippen LogP contribution is -2.43. The molecule has 2 aromatic rings. The highest BCUT2D eigenvalue weighted by Crippen LogP contribution is 2.13. The molecule has 0 unspecified atom stereocenters. The van der Waals surface area contributed by atoms with Gasteiger partial charge in [-0.25, -0.2) is 9.59 Å². The van der Waals surface area contributed by atoms with Crippen molar-refractivity contribution in [3.8, 4) is 0 Å². The predicted octanol–water partition coefficient (Wildman–Crippen LogP) is 1.37. The zero-order valence-corrected chi connectivity index (χ0v) is 15.2. The second-order valence-corrected chi connectivity index (χ2v) is 5.76. The van der Waals surface area contributed by atoms with Crippen LogP contribution in [0.15, 0.2) is 39.5 Å². The number of fused-ring (bicyclic) bond motifs is 1. The maximum atomic E-state index is 12.5. The summed E-state index contributed by atoms with van der Waals surface area (Å²) in [5.41, 5.74) is -0.671. The number of hydrogen-bond donors (Lipinski definition) is 2. The van der Waals surface area contributed by atoms with Gasteiger partial charge in [0.25, 0.3) is 5.91 Å². The highest BCUT2D eigenvalue weighted by atomic mass is 16.5. The minimum absolute atomic E-state index is 0.0317. The zero-order chi connectivity index (χ0) is 19.8. The van der Waals surface area contributed by atoms with Crippen LogP contribution in [-0.4, -0.2) is 37.0 Å². The molecule has 0 spiro atoms. The van der Waals surface area contributed by atoms with Gasteiger partial charge < -0.3 is 19.8 Å². The number of amides is 2. The number of nitrogens with one attached hydrogen (secondary N) is 2. The molecule has 2 rings (SSSR count). The largest absolute Gasteiger partial charge is 0.464 e. The smallest absolute Gasteiger partial charge is 0.349 e. The summed E-state index contributed by atoms with van der Waals surface area (Å²) in [6, 6.07) is 7.13. The van der Waals surface area contributed by atoms with Crippen LogP contribution in [0.3, 0.4) is 0 Å². The van der Waals surface area contributed by atoms with Crippen LogP contribution in [0.2, 0.25) is 0 Å². The van der Waals surface area contributed by atoms with Crippen LogP contribution >= 0.6 is 0 Å². The van der Waals surface area contributed by atoms with Crippen LogP contribution in [0.1, 0.15) is 37.0 Å². The molecular formula is C19H22N2O6. The Morgan fingerprint density at radius 3 is 2.63 bits per heavy atom. The average molecular weight is 374 g/mol. The topological polar surface area (TPSA) is 115 Å². The van der Waals surface area contributed by atoms with E-state index in [2.05, 4.69) is 10.6 Å². The molecule has 2 N–H and O–H groups in total. The molecule has 8 heteroatoms. The van der Waals surface area contributed by atoms with E-state index in [-0.39, 0.29) is 30.9 Å². The Kier molecular flexibility index (Phi) is 7.10. The van der Waals surface area contributed by atoms with E-state index in [9.17, 15) is 19.2 Å². The molecule has 0 aliphatic rings. The van der Waals surface area contributed by atoms with Gasteiger partial charge in [0, 0.05) is 18.4 Å². The summed E-state index contributed by atoms with van der Waals surface area (Å²) in [5, 5.41) is 5.67. The summed E-state index contributed by atoms with van der Waals surface area (Å²) in [4.78, 5) is 48.4. The molecule has 144 valence electrons. The summed E-state index contributed by atoms with van der Waals surface area (Å²) >= 11 is 0. The number of benzene rings is 1. The van der Waals surface area contributed by atoms with Gasteiger partial charge in [0.15, 0.2) is 0 Å². The summed E-state index contributed by atoms with van der Waals surface area (Å²) in [7, 11) is 0. The first kappa shape index (κ1) is 20.2. The third-order valence-corrected chi connectivity index (χ3v) is 3.80. The van der Waals surface area contributed by atoms with Crippen molar-refractivity contribution in [1.82, 2.24) is 10.6 Å². The molecule has 2 amide bonds. The Morgan fingerprint density at radius 2 is 1.93 bits per heavy atom. The van der Waals surface area contributed by atoms with Gasteiger partial charge in [-0.3, -0.25) is 9.59 Å². The average Bonchev–Trinajstić information content (AvgIpc) is 2.64. The van der Waals surface area contributed by atoms with E-state index >= 15 is 0 Å². The number of rotatable bonds is 8. The molecule has 1 atom stereocenters. The number of para-hydroxylation sites is 1. The summed E-state index contributed by atoms with van der Waals surface area (Å²) in [6.45, 7) is 4.01. The predicted molar refractivity (Wildman–Crippen MR) is 98.3 cm³/mol. The Hall–Kier alpha value is -3.16. The van der Waals surface area contributed by atoms with Crippen molar-refractivity contribution in [3.05, 3.63) is 46.3 Å². The van der Waals surface area contributed by atoms with Crippen molar-refractivity contribution in [2.45, 2.75) is 32.7 Å². The maximum Gasteiger partial charge on any atom is 0.349 e. The minimum Gasteiger partial charge on any atom is -0.464 e. The van der Waals surface area contributed by atoms with E-state index in [0.717, 1.165) is 0 Å². The van der Waals surface area contributed by atoms with Crippen LogP contribution in [0.4, 0.5) is 0 Å². The molecule has 0 bridgehead atoms. The van der Waals surface area contributed by atoms with E-state index < -0.39 is 23.5 Å². The molecule has 0 radical (unpaired) electrons. The number of hydrogen-bond acceptors (Lipinski definition) is 6. The van der Waals surface area contributed by atoms with Crippen LogP contribution < -0.4 is 16.3 Å². The van der Waals surface area contributed by atoms with E-state index in [1.165, 1.54) is 6.07 Å². The fraction of sp³-hybridized carbons (Fsp3) is 0.368. The quantitative estimate of drug-likeness (QED) is 0.533. The van der Waals surface area contributed by atoms with Crippen molar-refractivity contribution < 1.29 is 23.5 Å². The SMILES string of the molecule is CCNC(=O)CC[C@H](NC(=O)c1cc2ccccc2oc1=O)C(=O)OCC. The molecule has 0 aliphatic carbocycles. The maximum absolute atomic E-state index is 12.5. The number of carbonyl (C=O) groups excluding carboxylic acids is 3. The van der Waals surface area contributed by atoms with Crippen LogP contribution in [-0.2, 0) is 14.3 Å². The van der Waals surface area contributed by atoms with Crippen molar-refractivity contribution in [2.24, 2.45) is 0 Å². The Bertz CT molecular complexity index is 889. The Balaban J connectivity index is 2.19. The molecule has 1 heterocycles. The van der Waals surface area contributed by atoms with E-state index in [4.69, 9.17) is 9.15 Å². The minimum atomic E-state index is -1.05. The third-order valence-electron chi connectivity index (χ3n) is 3.80. The van der Waals surface area contributed by atoms with E-state index in [0.29, 0.717) is 17.5 Å². The van der Waals surface area contributed by atoms with Gasteiger partial charge in [-0.05, 0) is 32.4 Å². The molecule has 8 nitrogen and oxygen atoms in total. The highest BCUT2D eigenvalue weighted by Gasteiger charge is 2.25. The standard InChI is InChI=1S/C19H22N2O6/c1-3-20-16(22)10-9-14(19(25)26-4-2)21-17(23)13-11-12-7-5-6-8-15(12)27-18(13)24/h5-8,11,14H,3-4,9-10H2,1-2H3,(H,20,22)(H,21,23)/t14-/m0/s1. The lowest BCUT2D eigenvalue weighted by molar-refractivity contribution is -0.145. The number of carbonyl (C=O) groups is 3. The lowest BCUT2D eigenvalue weighted by Gasteiger charge is -2.17. The summed E-state index contributed by atoms with van der Waals surface area (Å²) in [6.07, 6.45) is 0.0826. The summed E-state index contributed by atoms with van der Waals surface area (Å²) in [5.74, 6) is -1.67. The first-order chi connectivity index (χ1) is 13.0. The first-order valence-corrected chi connectivity index (χ1v) is 8.73.